The number of fused-ring (bicyclic) bond motifs is 1. The molecule has 0 spiro atoms. The molecule has 2 N–H and O–H groups in total. The van der Waals surface area contributed by atoms with E-state index in [1.165, 1.54) is 32.1 Å². The number of aliphatic hydroxyl groups excluding tert-OH is 1. The number of aliphatic imine (C=N–C) groups is 1. The molecule has 1 atom stereocenters. The van der Waals surface area contributed by atoms with E-state index in [4.69, 9.17) is 15.1 Å². The maximum absolute atomic E-state index is 13.2. The van der Waals surface area contributed by atoms with Gasteiger partial charge in [-0.25, -0.2) is 4.98 Å². The molecule has 35 heavy (non-hydrogen) atoms. The fourth-order valence-corrected chi connectivity index (χ4v) is 5.70. The van der Waals surface area contributed by atoms with Crippen LogP contribution in [0.4, 0.5) is 5.95 Å². The molecule has 0 bridgehead atoms. The number of H-pyrrole nitrogens is 1. The second kappa shape index (κ2) is 12.1. The van der Waals surface area contributed by atoms with Crippen molar-refractivity contribution in [3.63, 3.8) is 0 Å². The fourth-order valence-electron chi connectivity index (χ4n) is 5.70. The number of nitrogens with one attached hydrogen (secondary N) is 1. The van der Waals surface area contributed by atoms with Gasteiger partial charge in [0.25, 0.3) is 5.56 Å². The SMILES string of the molecule is CCCC1=NC(C)Cc2c1nc(N(CCN1CCN(C(=O)CO)CC1)CC1CCCCC1)[nH]c2=O. The second-order valence-electron chi connectivity index (χ2n) is 10.4. The van der Waals surface area contributed by atoms with E-state index >= 15 is 0 Å². The molecule has 1 aromatic heterocycles. The molecule has 2 aliphatic heterocycles. The predicted molar refractivity (Wildman–Crippen MR) is 138 cm³/mol. The summed E-state index contributed by atoms with van der Waals surface area (Å²) in [6.07, 6.45) is 8.79. The Kier molecular flexibility index (Phi) is 8.94. The molecule has 1 saturated heterocycles. The standard InChI is InChI=1S/C26H42N6O3/c1-3-7-22-24-21(16-19(2)27-22)25(35)29-26(28-24)32(17-20-8-5-4-6-9-20)15-12-30-10-13-31(14-11-30)23(34)18-33/h19-20,33H,3-18H2,1-2H3,(H,28,29,35). The van der Waals surface area contributed by atoms with Gasteiger partial charge in [0, 0.05) is 57.8 Å². The van der Waals surface area contributed by atoms with Crippen LogP contribution < -0.4 is 10.5 Å². The maximum atomic E-state index is 13.2. The number of piperazine rings is 1. The van der Waals surface area contributed by atoms with Crippen LogP contribution in [-0.2, 0) is 11.2 Å². The van der Waals surface area contributed by atoms with Crippen molar-refractivity contribution in [1.29, 1.82) is 0 Å². The van der Waals surface area contributed by atoms with Crippen molar-refractivity contribution in [2.24, 2.45) is 10.9 Å². The van der Waals surface area contributed by atoms with E-state index in [2.05, 4.69) is 28.6 Å². The van der Waals surface area contributed by atoms with Crippen molar-refractivity contribution < 1.29 is 9.90 Å². The van der Waals surface area contributed by atoms with Crippen molar-refractivity contribution in [1.82, 2.24) is 19.8 Å². The number of rotatable bonds is 9. The van der Waals surface area contributed by atoms with Gasteiger partial charge in [-0.15, -0.1) is 0 Å². The Labute approximate surface area is 208 Å². The van der Waals surface area contributed by atoms with Gasteiger partial charge >= 0.3 is 0 Å². The van der Waals surface area contributed by atoms with Gasteiger partial charge in [0.1, 0.15) is 6.61 Å². The molecular weight excluding hydrogens is 444 g/mol. The summed E-state index contributed by atoms with van der Waals surface area (Å²) in [7, 11) is 0. The lowest BCUT2D eigenvalue weighted by molar-refractivity contribution is -0.135. The summed E-state index contributed by atoms with van der Waals surface area (Å²) in [6.45, 7) is 9.19. The number of amides is 1. The third kappa shape index (κ3) is 6.50. The lowest BCUT2D eigenvalue weighted by atomic mass is 9.89. The molecule has 9 heteroatoms. The number of aliphatic hydroxyl groups is 1. The average Bonchev–Trinajstić information content (AvgIpc) is 2.87. The summed E-state index contributed by atoms with van der Waals surface area (Å²) in [4.78, 5) is 44.3. The third-order valence-corrected chi connectivity index (χ3v) is 7.69. The largest absolute Gasteiger partial charge is 0.387 e. The molecule has 4 rings (SSSR count). The molecule has 1 saturated carbocycles. The van der Waals surface area contributed by atoms with E-state index < -0.39 is 6.61 Å². The molecule has 2 fully saturated rings. The monoisotopic (exact) mass is 486 g/mol. The Balaban J connectivity index is 1.51. The molecule has 3 heterocycles. The highest BCUT2D eigenvalue weighted by Crippen LogP contribution is 2.26. The van der Waals surface area contributed by atoms with E-state index in [1.54, 1.807) is 4.90 Å². The minimum atomic E-state index is -0.422. The Hall–Kier alpha value is -2.26. The molecule has 0 radical (unpaired) electrons. The number of nitrogens with zero attached hydrogens (tertiary/aromatic N) is 5. The summed E-state index contributed by atoms with van der Waals surface area (Å²) in [5.74, 6) is 1.10. The van der Waals surface area contributed by atoms with Crippen LogP contribution in [0.2, 0.25) is 0 Å². The van der Waals surface area contributed by atoms with Gasteiger partial charge in [0.15, 0.2) is 0 Å². The molecule has 0 aromatic carbocycles. The lowest BCUT2D eigenvalue weighted by Gasteiger charge is -2.36. The van der Waals surface area contributed by atoms with Crippen LogP contribution >= 0.6 is 0 Å². The average molecular weight is 487 g/mol. The normalized spacial score (nSPS) is 21.5. The molecule has 194 valence electrons. The summed E-state index contributed by atoms with van der Waals surface area (Å²) < 4.78 is 0. The zero-order chi connectivity index (χ0) is 24.8. The van der Waals surface area contributed by atoms with E-state index in [0.29, 0.717) is 31.4 Å². The number of hydrogen-bond donors (Lipinski definition) is 2. The number of carbonyl (C=O) groups is 1. The van der Waals surface area contributed by atoms with Crippen LogP contribution in [0.25, 0.3) is 0 Å². The van der Waals surface area contributed by atoms with Gasteiger partial charge in [0.05, 0.1) is 17.4 Å². The zero-order valence-corrected chi connectivity index (χ0v) is 21.5. The minimum Gasteiger partial charge on any atom is -0.387 e. The molecule has 1 amide bonds. The Morgan fingerprint density at radius 3 is 2.60 bits per heavy atom. The summed E-state index contributed by atoms with van der Waals surface area (Å²) >= 11 is 0. The van der Waals surface area contributed by atoms with Crippen molar-refractivity contribution in [3.8, 4) is 0 Å². The minimum absolute atomic E-state index is 0.0230. The maximum Gasteiger partial charge on any atom is 0.256 e. The van der Waals surface area contributed by atoms with Crippen LogP contribution in [0.5, 0.6) is 0 Å². The van der Waals surface area contributed by atoms with Crippen molar-refractivity contribution in [2.75, 3.05) is 57.3 Å². The Bertz CT molecular complexity index is 947. The summed E-state index contributed by atoms with van der Waals surface area (Å²) in [5, 5.41) is 9.13. The summed E-state index contributed by atoms with van der Waals surface area (Å²) in [6, 6.07) is 0.118. The highest BCUT2D eigenvalue weighted by molar-refractivity contribution is 6.01. The van der Waals surface area contributed by atoms with Gasteiger partial charge in [-0.05, 0) is 32.1 Å². The highest BCUT2D eigenvalue weighted by atomic mass is 16.3. The predicted octanol–water partition coefficient (Wildman–Crippen LogP) is 1.83. The van der Waals surface area contributed by atoms with Gasteiger partial charge < -0.3 is 14.9 Å². The van der Waals surface area contributed by atoms with Gasteiger partial charge in [-0.2, -0.15) is 0 Å². The van der Waals surface area contributed by atoms with Crippen LogP contribution in [0.3, 0.4) is 0 Å². The number of aromatic nitrogens is 2. The smallest absolute Gasteiger partial charge is 0.256 e. The molecule has 1 aromatic rings. The van der Waals surface area contributed by atoms with Crippen molar-refractivity contribution in [2.45, 2.75) is 71.3 Å². The fraction of sp³-hybridized carbons (Fsp3) is 0.769. The number of hydrogen-bond acceptors (Lipinski definition) is 7. The van der Waals surface area contributed by atoms with Gasteiger partial charge in [-0.3, -0.25) is 24.5 Å². The van der Waals surface area contributed by atoms with Crippen LogP contribution in [-0.4, -0.2) is 95.0 Å². The van der Waals surface area contributed by atoms with Crippen LogP contribution in [0.1, 0.15) is 70.1 Å². The third-order valence-electron chi connectivity index (χ3n) is 7.69. The van der Waals surface area contributed by atoms with Gasteiger partial charge in [-0.1, -0.05) is 32.6 Å². The molecule has 3 aliphatic rings. The summed E-state index contributed by atoms with van der Waals surface area (Å²) in [5.41, 5.74) is 2.52. The Morgan fingerprint density at radius 1 is 1.17 bits per heavy atom. The van der Waals surface area contributed by atoms with Crippen molar-refractivity contribution in [3.05, 3.63) is 21.6 Å². The number of aromatic amines is 1. The zero-order valence-electron chi connectivity index (χ0n) is 21.5. The first-order valence-electron chi connectivity index (χ1n) is 13.5. The lowest BCUT2D eigenvalue weighted by Crippen LogP contribution is -2.51. The molecule has 1 aliphatic carbocycles. The van der Waals surface area contributed by atoms with E-state index in [9.17, 15) is 9.59 Å². The first-order chi connectivity index (χ1) is 17.0. The molecular formula is C26H42N6O3. The van der Waals surface area contributed by atoms with E-state index in [0.717, 1.165) is 62.5 Å². The highest BCUT2D eigenvalue weighted by Gasteiger charge is 2.27. The first-order valence-corrected chi connectivity index (χ1v) is 13.5. The quantitative estimate of drug-likeness (QED) is 0.552. The van der Waals surface area contributed by atoms with Crippen LogP contribution in [0, 0.1) is 5.92 Å². The Morgan fingerprint density at radius 2 is 1.91 bits per heavy atom. The first kappa shape index (κ1) is 25.8. The topological polar surface area (TPSA) is 105 Å². The van der Waals surface area contributed by atoms with E-state index in [-0.39, 0.29) is 17.5 Å². The number of anilines is 1. The van der Waals surface area contributed by atoms with Crippen LogP contribution in [0.15, 0.2) is 9.79 Å². The van der Waals surface area contributed by atoms with E-state index in [1.807, 2.05) is 0 Å². The number of carbonyl (C=O) groups excluding carboxylic acids is 1. The van der Waals surface area contributed by atoms with Gasteiger partial charge in [0.2, 0.25) is 11.9 Å². The van der Waals surface area contributed by atoms with Crippen molar-refractivity contribution >= 4 is 17.6 Å². The second-order valence-corrected chi connectivity index (χ2v) is 10.4. The molecule has 9 nitrogen and oxygen atoms in total. The molecule has 1 unspecified atom stereocenters.